The van der Waals surface area contributed by atoms with Crippen LogP contribution in [-0.4, -0.2) is 25.2 Å². The lowest BCUT2D eigenvalue weighted by molar-refractivity contribution is 0.262. The number of aryl methyl sites for hydroxylation is 1. The average Bonchev–Trinajstić information content (AvgIpc) is 2.49. The molecule has 1 heterocycles. The highest BCUT2D eigenvalue weighted by atomic mass is 16.5. The van der Waals surface area contributed by atoms with Crippen LogP contribution in [0.5, 0.6) is 11.5 Å². The van der Waals surface area contributed by atoms with Gasteiger partial charge in [0, 0.05) is 17.4 Å². The van der Waals surface area contributed by atoms with Crippen molar-refractivity contribution < 1.29 is 14.3 Å². The number of nitrogens with zero attached hydrogens (tertiary/aromatic N) is 1. The van der Waals surface area contributed by atoms with E-state index in [1.165, 1.54) is 0 Å². The molecule has 0 aliphatic carbocycles. The van der Waals surface area contributed by atoms with Crippen LogP contribution in [0.2, 0.25) is 0 Å². The van der Waals surface area contributed by atoms with E-state index in [4.69, 9.17) is 9.47 Å². The van der Waals surface area contributed by atoms with Crippen molar-refractivity contribution in [1.82, 2.24) is 4.98 Å². The zero-order chi connectivity index (χ0) is 15.2. The normalized spacial score (nSPS) is 9.86. The predicted molar refractivity (Wildman–Crippen MR) is 81.2 cm³/mol. The average molecular weight is 287 g/mol. The third kappa shape index (κ3) is 3.85. The van der Waals surface area contributed by atoms with E-state index in [-0.39, 0.29) is 6.03 Å². The molecule has 0 atom stereocenters. The van der Waals surface area contributed by atoms with Gasteiger partial charge in [-0.3, -0.25) is 4.98 Å². The zero-order valence-corrected chi connectivity index (χ0v) is 12.1. The molecule has 6 nitrogen and oxygen atoms in total. The fourth-order valence-electron chi connectivity index (χ4n) is 1.75. The Hall–Kier alpha value is -2.76. The Bertz CT molecular complexity index is 627. The molecule has 2 aromatic rings. The molecule has 0 fully saturated rings. The summed E-state index contributed by atoms with van der Waals surface area (Å²) in [6.07, 6.45) is 1.60. The maximum atomic E-state index is 11.9. The van der Waals surface area contributed by atoms with Crippen molar-refractivity contribution in [1.29, 1.82) is 0 Å². The molecule has 0 saturated heterocycles. The highest BCUT2D eigenvalue weighted by molar-refractivity contribution is 5.99. The number of amides is 2. The summed E-state index contributed by atoms with van der Waals surface area (Å²) in [6, 6.07) is 8.40. The fourth-order valence-corrected chi connectivity index (χ4v) is 1.75. The summed E-state index contributed by atoms with van der Waals surface area (Å²) in [5.74, 6) is 1.15. The number of carbonyl (C=O) groups excluding carboxylic acids is 1. The molecule has 1 aromatic heterocycles. The largest absolute Gasteiger partial charge is 0.493 e. The first-order valence-electron chi connectivity index (χ1n) is 6.35. The van der Waals surface area contributed by atoms with Crippen LogP contribution in [0.25, 0.3) is 0 Å². The predicted octanol–water partition coefficient (Wildman–Crippen LogP) is 3.05. The molecule has 0 aliphatic heterocycles. The number of carbonyl (C=O) groups is 1. The summed E-state index contributed by atoms with van der Waals surface area (Å²) in [4.78, 5) is 16.0. The number of methoxy groups -OCH3 is 2. The first-order valence-corrected chi connectivity index (χ1v) is 6.35. The molecule has 2 N–H and O–H groups in total. The van der Waals surface area contributed by atoms with Crippen LogP contribution in [-0.2, 0) is 0 Å². The van der Waals surface area contributed by atoms with Gasteiger partial charge in [-0.15, -0.1) is 0 Å². The number of hydrogen-bond donors (Lipinski definition) is 2. The van der Waals surface area contributed by atoms with Gasteiger partial charge in [-0.1, -0.05) is 0 Å². The Balaban J connectivity index is 2.04. The monoisotopic (exact) mass is 287 g/mol. The van der Waals surface area contributed by atoms with Gasteiger partial charge in [-0.2, -0.15) is 0 Å². The smallest absolute Gasteiger partial charge is 0.323 e. The van der Waals surface area contributed by atoms with Gasteiger partial charge in [-0.05, 0) is 31.2 Å². The number of aromatic nitrogens is 1. The first-order chi connectivity index (χ1) is 10.1. The van der Waals surface area contributed by atoms with Gasteiger partial charge >= 0.3 is 6.03 Å². The molecule has 0 saturated carbocycles. The van der Waals surface area contributed by atoms with Crippen LogP contribution in [0.3, 0.4) is 0 Å². The number of benzene rings is 1. The summed E-state index contributed by atoms with van der Waals surface area (Å²) >= 11 is 0. The van der Waals surface area contributed by atoms with Gasteiger partial charge in [0.15, 0.2) is 11.5 Å². The van der Waals surface area contributed by atoms with E-state index in [1.54, 1.807) is 44.7 Å². The van der Waals surface area contributed by atoms with Gasteiger partial charge in [-0.25, -0.2) is 4.79 Å². The maximum Gasteiger partial charge on any atom is 0.323 e. The summed E-state index contributed by atoms with van der Waals surface area (Å²) in [6.45, 7) is 1.88. The molecule has 2 amide bonds. The Morgan fingerprint density at radius 2 is 1.67 bits per heavy atom. The quantitative estimate of drug-likeness (QED) is 0.906. The van der Waals surface area contributed by atoms with E-state index >= 15 is 0 Å². The van der Waals surface area contributed by atoms with Crippen LogP contribution in [0.4, 0.5) is 16.2 Å². The highest BCUT2D eigenvalue weighted by Gasteiger charge is 2.07. The Morgan fingerprint density at radius 3 is 2.29 bits per heavy atom. The number of ether oxygens (including phenoxy) is 2. The van der Waals surface area contributed by atoms with E-state index in [0.717, 1.165) is 5.69 Å². The molecule has 21 heavy (non-hydrogen) atoms. The van der Waals surface area contributed by atoms with Gasteiger partial charge in [0.1, 0.15) is 0 Å². The number of hydrogen-bond acceptors (Lipinski definition) is 4. The van der Waals surface area contributed by atoms with Gasteiger partial charge < -0.3 is 20.1 Å². The lowest BCUT2D eigenvalue weighted by Crippen LogP contribution is -2.19. The molecular weight excluding hydrogens is 270 g/mol. The molecule has 2 rings (SSSR count). The summed E-state index contributed by atoms with van der Waals surface area (Å²) < 4.78 is 10.3. The van der Waals surface area contributed by atoms with Crippen molar-refractivity contribution in [2.45, 2.75) is 6.92 Å². The Labute approximate surface area is 123 Å². The summed E-state index contributed by atoms with van der Waals surface area (Å²) in [5.41, 5.74) is 2.12. The van der Waals surface area contributed by atoms with E-state index < -0.39 is 0 Å². The topological polar surface area (TPSA) is 72.5 Å². The number of rotatable bonds is 4. The van der Waals surface area contributed by atoms with E-state index in [1.807, 2.05) is 13.0 Å². The second-order valence-electron chi connectivity index (χ2n) is 4.34. The van der Waals surface area contributed by atoms with Crippen molar-refractivity contribution in [3.05, 3.63) is 42.2 Å². The molecule has 110 valence electrons. The molecular formula is C15H17N3O3. The van der Waals surface area contributed by atoms with E-state index in [0.29, 0.717) is 22.9 Å². The van der Waals surface area contributed by atoms with Crippen LogP contribution < -0.4 is 20.1 Å². The number of urea groups is 1. The van der Waals surface area contributed by atoms with Gasteiger partial charge in [0.25, 0.3) is 0 Å². The van der Waals surface area contributed by atoms with Crippen LogP contribution >= 0.6 is 0 Å². The molecule has 0 aliphatic rings. The van der Waals surface area contributed by atoms with Gasteiger partial charge in [0.05, 0.1) is 26.1 Å². The third-order valence-corrected chi connectivity index (χ3v) is 2.81. The van der Waals surface area contributed by atoms with Crippen molar-refractivity contribution in [2.75, 3.05) is 24.9 Å². The molecule has 1 aromatic carbocycles. The third-order valence-electron chi connectivity index (χ3n) is 2.81. The van der Waals surface area contributed by atoms with E-state index in [9.17, 15) is 4.79 Å². The molecule has 0 spiro atoms. The number of anilines is 2. The molecule has 0 radical (unpaired) electrons. The first kappa shape index (κ1) is 14.6. The minimum atomic E-state index is -0.354. The second-order valence-corrected chi connectivity index (χ2v) is 4.34. The Morgan fingerprint density at radius 1 is 1.00 bits per heavy atom. The van der Waals surface area contributed by atoms with E-state index in [2.05, 4.69) is 15.6 Å². The van der Waals surface area contributed by atoms with Crippen LogP contribution in [0, 0.1) is 6.92 Å². The van der Waals surface area contributed by atoms with Crippen molar-refractivity contribution in [3.8, 4) is 11.5 Å². The van der Waals surface area contributed by atoms with Crippen LogP contribution in [0.15, 0.2) is 36.5 Å². The lowest BCUT2D eigenvalue weighted by atomic mass is 10.3. The summed E-state index contributed by atoms with van der Waals surface area (Å²) in [5, 5.41) is 5.42. The van der Waals surface area contributed by atoms with Gasteiger partial charge in [0.2, 0.25) is 0 Å². The number of pyridine rings is 1. The fraction of sp³-hybridized carbons (Fsp3) is 0.200. The minimum Gasteiger partial charge on any atom is -0.493 e. The van der Waals surface area contributed by atoms with Crippen LogP contribution in [0.1, 0.15) is 5.69 Å². The zero-order valence-electron chi connectivity index (χ0n) is 12.1. The minimum absolute atomic E-state index is 0.354. The standard InChI is InChI=1S/C15H17N3O3/c1-10-4-5-12(9-16-10)18-15(19)17-11-6-7-13(20-2)14(8-11)21-3/h4-9H,1-3H3,(H2,17,18,19). The Kier molecular flexibility index (Phi) is 4.61. The van der Waals surface area contributed by atoms with Crippen molar-refractivity contribution in [3.63, 3.8) is 0 Å². The molecule has 0 unspecified atom stereocenters. The van der Waals surface area contributed by atoms with Crippen molar-refractivity contribution in [2.24, 2.45) is 0 Å². The maximum absolute atomic E-state index is 11.9. The summed E-state index contributed by atoms with van der Waals surface area (Å²) in [7, 11) is 3.10. The lowest BCUT2D eigenvalue weighted by Gasteiger charge is -2.11. The SMILES string of the molecule is COc1ccc(NC(=O)Nc2ccc(C)nc2)cc1OC. The number of nitrogens with one attached hydrogen (secondary N) is 2. The molecule has 6 heteroatoms. The van der Waals surface area contributed by atoms with Crippen molar-refractivity contribution >= 4 is 17.4 Å². The highest BCUT2D eigenvalue weighted by Crippen LogP contribution is 2.29. The second kappa shape index (κ2) is 6.60. The molecule has 0 bridgehead atoms.